The largest absolute Gasteiger partial charge is 0.484 e. The summed E-state index contributed by atoms with van der Waals surface area (Å²) >= 11 is 5.79. The zero-order valence-electron chi connectivity index (χ0n) is 10.3. The van der Waals surface area contributed by atoms with Crippen molar-refractivity contribution in [3.63, 3.8) is 0 Å². The van der Waals surface area contributed by atoms with E-state index in [0.717, 1.165) is 19.3 Å². The molecule has 0 atom stereocenters. The van der Waals surface area contributed by atoms with Crippen molar-refractivity contribution in [3.8, 4) is 5.75 Å². The minimum atomic E-state index is -0.401. The smallest absolute Gasteiger partial charge is 0.264 e. The normalized spacial score (nSPS) is 16.9. The molecule has 0 amide bonds. The minimum Gasteiger partial charge on any atom is -0.484 e. The summed E-state index contributed by atoms with van der Waals surface area (Å²) in [6.45, 7) is 0.227. The van der Waals surface area contributed by atoms with Crippen LogP contribution in [0.2, 0.25) is 5.02 Å². The Bertz CT molecular complexity index is 564. The summed E-state index contributed by atoms with van der Waals surface area (Å²) in [6.07, 6.45) is 2.93. The maximum atomic E-state index is 6.12. The van der Waals surface area contributed by atoms with Gasteiger partial charge in [-0.2, -0.15) is 4.98 Å². The van der Waals surface area contributed by atoms with Crippen LogP contribution in [0.15, 0.2) is 28.8 Å². The molecule has 1 aliphatic rings. The van der Waals surface area contributed by atoms with E-state index in [1.807, 2.05) is 0 Å². The van der Waals surface area contributed by atoms with Gasteiger partial charge >= 0.3 is 0 Å². The molecule has 0 aliphatic heterocycles. The van der Waals surface area contributed by atoms with Crippen LogP contribution < -0.4 is 10.5 Å². The van der Waals surface area contributed by atoms with Crippen LogP contribution in [0, 0.1) is 0 Å². The van der Waals surface area contributed by atoms with E-state index in [1.54, 1.807) is 24.3 Å². The van der Waals surface area contributed by atoms with E-state index >= 15 is 0 Å². The number of halogens is 1. The van der Waals surface area contributed by atoms with Crippen LogP contribution in [0.1, 0.15) is 31.0 Å². The molecule has 2 aromatic rings. The number of aromatic nitrogens is 2. The number of hydrogen-bond acceptors (Lipinski definition) is 5. The van der Waals surface area contributed by atoms with Gasteiger partial charge in [0, 0.05) is 5.02 Å². The molecular formula is C13H14ClN3O2. The van der Waals surface area contributed by atoms with Gasteiger partial charge in [0.1, 0.15) is 5.75 Å². The summed E-state index contributed by atoms with van der Waals surface area (Å²) in [7, 11) is 0. The number of hydrogen-bond donors (Lipinski definition) is 1. The van der Waals surface area contributed by atoms with Crippen molar-refractivity contribution in [2.45, 2.75) is 31.4 Å². The Balaban J connectivity index is 1.63. The Labute approximate surface area is 115 Å². The summed E-state index contributed by atoms with van der Waals surface area (Å²) in [5.41, 5.74) is 5.72. The summed E-state index contributed by atoms with van der Waals surface area (Å²) in [5, 5.41) is 4.59. The van der Waals surface area contributed by atoms with Crippen LogP contribution in [-0.2, 0) is 12.1 Å². The predicted octanol–water partition coefficient (Wildman–Crippen LogP) is 2.64. The highest BCUT2D eigenvalue weighted by Gasteiger charge is 2.38. The number of ether oxygens (including phenoxy) is 1. The Morgan fingerprint density at radius 1 is 1.32 bits per heavy atom. The van der Waals surface area contributed by atoms with Gasteiger partial charge in [-0.05, 0) is 43.5 Å². The molecule has 0 unspecified atom stereocenters. The number of nitrogens with two attached hydrogens (primary N) is 1. The standard InChI is InChI=1S/C13H14ClN3O2/c14-9-2-4-10(5-3-9)18-8-11-16-12(17-19-11)13(15)6-1-7-13/h2-5H,1,6-8,15H2. The van der Waals surface area contributed by atoms with Crippen molar-refractivity contribution in [2.75, 3.05) is 0 Å². The molecule has 0 radical (unpaired) electrons. The van der Waals surface area contributed by atoms with Gasteiger partial charge in [-0.3, -0.25) is 0 Å². The first-order chi connectivity index (χ1) is 9.16. The highest BCUT2D eigenvalue weighted by molar-refractivity contribution is 6.30. The lowest BCUT2D eigenvalue weighted by molar-refractivity contribution is 0.223. The first kappa shape index (κ1) is 12.4. The van der Waals surface area contributed by atoms with Gasteiger partial charge in [-0.25, -0.2) is 0 Å². The Morgan fingerprint density at radius 2 is 2.05 bits per heavy atom. The second-order valence-corrected chi connectivity index (χ2v) is 5.20. The molecule has 0 bridgehead atoms. The molecule has 5 nitrogen and oxygen atoms in total. The van der Waals surface area contributed by atoms with Crippen molar-refractivity contribution in [1.82, 2.24) is 10.1 Å². The van der Waals surface area contributed by atoms with Gasteiger partial charge in [0.2, 0.25) is 0 Å². The van der Waals surface area contributed by atoms with E-state index in [1.165, 1.54) is 0 Å². The van der Waals surface area contributed by atoms with Gasteiger partial charge in [-0.15, -0.1) is 0 Å². The molecule has 1 aromatic heterocycles. The molecule has 6 heteroatoms. The molecule has 19 heavy (non-hydrogen) atoms. The maximum absolute atomic E-state index is 6.12. The number of rotatable bonds is 4. The average Bonchev–Trinajstić information content (AvgIpc) is 2.84. The van der Waals surface area contributed by atoms with E-state index < -0.39 is 5.54 Å². The van der Waals surface area contributed by atoms with E-state index in [4.69, 9.17) is 26.6 Å². The molecule has 100 valence electrons. The molecule has 1 aliphatic carbocycles. The lowest BCUT2D eigenvalue weighted by Crippen LogP contribution is -2.44. The highest BCUT2D eigenvalue weighted by Crippen LogP contribution is 2.36. The second kappa shape index (κ2) is 4.83. The molecule has 3 rings (SSSR count). The van der Waals surface area contributed by atoms with E-state index in [2.05, 4.69) is 10.1 Å². The van der Waals surface area contributed by atoms with Crippen LogP contribution in [-0.4, -0.2) is 10.1 Å². The van der Waals surface area contributed by atoms with Gasteiger partial charge in [0.15, 0.2) is 12.4 Å². The van der Waals surface area contributed by atoms with E-state index in [0.29, 0.717) is 22.5 Å². The van der Waals surface area contributed by atoms with Crippen molar-refractivity contribution >= 4 is 11.6 Å². The monoisotopic (exact) mass is 279 g/mol. The summed E-state index contributed by atoms with van der Waals surface area (Å²) in [5.74, 6) is 1.71. The molecule has 2 N–H and O–H groups in total. The molecule has 1 saturated carbocycles. The zero-order valence-corrected chi connectivity index (χ0v) is 11.1. The fourth-order valence-electron chi connectivity index (χ4n) is 1.97. The topological polar surface area (TPSA) is 74.2 Å². The van der Waals surface area contributed by atoms with Crippen molar-refractivity contribution < 1.29 is 9.26 Å². The molecule has 1 fully saturated rings. The second-order valence-electron chi connectivity index (χ2n) is 4.76. The van der Waals surface area contributed by atoms with E-state index in [-0.39, 0.29) is 6.61 Å². The summed E-state index contributed by atoms with van der Waals surface area (Å²) in [4.78, 5) is 4.28. The third-order valence-corrected chi connectivity index (χ3v) is 3.59. The fraction of sp³-hybridized carbons (Fsp3) is 0.385. The van der Waals surface area contributed by atoms with Gasteiger partial charge in [-0.1, -0.05) is 16.8 Å². The van der Waals surface area contributed by atoms with Crippen LogP contribution >= 0.6 is 11.6 Å². The van der Waals surface area contributed by atoms with Crippen molar-refractivity contribution in [3.05, 3.63) is 41.0 Å². The number of nitrogens with zero attached hydrogens (tertiary/aromatic N) is 2. The van der Waals surface area contributed by atoms with E-state index in [9.17, 15) is 0 Å². The van der Waals surface area contributed by atoms with Gasteiger partial charge in [0.05, 0.1) is 5.54 Å². The Kier molecular flexibility index (Phi) is 3.16. The Hall–Kier alpha value is -1.59. The maximum Gasteiger partial charge on any atom is 0.264 e. The SMILES string of the molecule is NC1(c2noc(COc3ccc(Cl)cc3)n2)CCC1. The van der Waals surface area contributed by atoms with Crippen molar-refractivity contribution in [2.24, 2.45) is 5.73 Å². The zero-order chi connectivity index (χ0) is 13.3. The van der Waals surface area contributed by atoms with Crippen LogP contribution in [0.5, 0.6) is 5.75 Å². The highest BCUT2D eigenvalue weighted by atomic mass is 35.5. The predicted molar refractivity (Wildman–Crippen MR) is 69.8 cm³/mol. The van der Waals surface area contributed by atoms with Gasteiger partial charge in [0.25, 0.3) is 5.89 Å². The lowest BCUT2D eigenvalue weighted by Gasteiger charge is -2.34. The Morgan fingerprint density at radius 3 is 2.68 bits per heavy atom. The fourth-order valence-corrected chi connectivity index (χ4v) is 2.10. The first-order valence-electron chi connectivity index (χ1n) is 6.16. The molecule has 1 heterocycles. The molecular weight excluding hydrogens is 266 g/mol. The lowest BCUT2D eigenvalue weighted by atomic mass is 9.77. The average molecular weight is 280 g/mol. The third-order valence-electron chi connectivity index (χ3n) is 3.34. The number of benzene rings is 1. The van der Waals surface area contributed by atoms with Gasteiger partial charge < -0.3 is 15.0 Å². The quantitative estimate of drug-likeness (QED) is 0.931. The molecule has 1 aromatic carbocycles. The summed E-state index contributed by atoms with van der Waals surface area (Å²) < 4.78 is 10.7. The van der Waals surface area contributed by atoms with Crippen LogP contribution in [0.3, 0.4) is 0 Å². The molecule has 0 saturated heterocycles. The van der Waals surface area contributed by atoms with Crippen molar-refractivity contribution in [1.29, 1.82) is 0 Å². The molecule has 0 spiro atoms. The van der Waals surface area contributed by atoms with Crippen LogP contribution in [0.4, 0.5) is 0 Å². The summed E-state index contributed by atoms with van der Waals surface area (Å²) in [6, 6.07) is 7.10. The first-order valence-corrected chi connectivity index (χ1v) is 6.54. The third kappa shape index (κ3) is 2.57. The van der Waals surface area contributed by atoms with Crippen LogP contribution in [0.25, 0.3) is 0 Å². The minimum absolute atomic E-state index is 0.227.